The van der Waals surface area contributed by atoms with Gasteiger partial charge >= 0.3 is 0 Å². The number of anilines is 1. The van der Waals surface area contributed by atoms with Gasteiger partial charge in [0, 0.05) is 41.8 Å². The largest absolute Gasteiger partial charge is 0.494 e. The van der Waals surface area contributed by atoms with Crippen molar-refractivity contribution in [3.63, 3.8) is 0 Å². The zero-order valence-corrected chi connectivity index (χ0v) is 18.1. The molecule has 33 heavy (non-hydrogen) atoms. The van der Waals surface area contributed by atoms with Gasteiger partial charge in [-0.25, -0.2) is 4.98 Å². The van der Waals surface area contributed by atoms with E-state index in [0.717, 1.165) is 39.2 Å². The maximum absolute atomic E-state index is 11.1. The van der Waals surface area contributed by atoms with Crippen LogP contribution in [0.1, 0.15) is 5.56 Å². The Bertz CT molecular complexity index is 1380. The molecule has 5 rings (SSSR count). The van der Waals surface area contributed by atoms with E-state index in [4.69, 9.17) is 9.47 Å². The molecule has 0 aliphatic heterocycles. The monoisotopic (exact) mass is 437 g/mol. The molecule has 0 aliphatic carbocycles. The number of pyridine rings is 1. The minimum Gasteiger partial charge on any atom is -0.494 e. The molecular formula is C27H23N3O3. The molecule has 6 heteroatoms. The predicted octanol–water partition coefficient (Wildman–Crippen LogP) is 6.14. The van der Waals surface area contributed by atoms with Crippen LogP contribution in [0.5, 0.6) is 23.3 Å². The van der Waals surface area contributed by atoms with Gasteiger partial charge in [0.25, 0.3) is 0 Å². The van der Waals surface area contributed by atoms with Crippen molar-refractivity contribution in [3.8, 4) is 28.9 Å². The number of ether oxygens (including phenoxy) is 2. The second kappa shape index (κ2) is 8.96. The van der Waals surface area contributed by atoms with E-state index in [1.807, 2.05) is 91.1 Å². The first kappa shape index (κ1) is 20.5. The number of hydrogen-bond donors (Lipinski definition) is 2. The van der Waals surface area contributed by atoms with Crippen LogP contribution in [0.25, 0.3) is 16.5 Å². The molecule has 3 aromatic carbocycles. The molecular weight excluding hydrogens is 414 g/mol. The molecule has 2 heterocycles. The van der Waals surface area contributed by atoms with Crippen LogP contribution >= 0.6 is 0 Å². The van der Waals surface area contributed by atoms with Crippen molar-refractivity contribution in [2.45, 2.75) is 6.54 Å². The van der Waals surface area contributed by atoms with Gasteiger partial charge in [0.2, 0.25) is 11.8 Å². The minimum absolute atomic E-state index is 0.178. The van der Waals surface area contributed by atoms with Gasteiger partial charge in [0.1, 0.15) is 11.5 Å². The van der Waals surface area contributed by atoms with Crippen LogP contribution in [-0.4, -0.2) is 21.8 Å². The summed E-state index contributed by atoms with van der Waals surface area (Å²) in [6.07, 6.45) is 3.65. The second-order valence-electron chi connectivity index (χ2n) is 7.56. The quantitative estimate of drug-likeness (QED) is 0.320. The Hall–Kier alpha value is -4.45. The predicted molar refractivity (Wildman–Crippen MR) is 130 cm³/mol. The molecule has 164 valence electrons. The number of nitrogens with zero attached hydrogens (tertiary/aromatic N) is 2. The van der Waals surface area contributed by atoms with E-state index in [0.29, 0.717) is 12.4 Å². The van der Waals surface area contributed by atoms with Crippen molar-refractivity contribution in [2.75, 3.05) is 12.4 Å². The first-order chi connectivity index (χ1) is 16.2. The van der Waals surface area contributed by atoms with Gasteiger partial charge in [-0.15, -0.1) is 0 Å². The molecule has 0 atom stereocenters. The SMILES string of the molecule is COc1cc(CNc2cccc3cn(-c4ccc(Oc5ccccc5)cc4)c(O)c23)ccn1. The Balaban J connectivity index is 1.40. The van der Waals surface area contributed by atoms with Crippen LogP contribution < -0.4 is 14.8 Å². The van der Waals surface area contributed by atoms with Crippen LogP contribution in [-0.2, 0) is 6.54 Å². The summed E-state index contributed by atoms with van der Waals surface area (Å²) in [5.74, 6) is 2.26. The summed E-state index contributed by atoms with van der Waals surface area (Å²) in [6, 6.07) is 27.0. The number of rotatable bonds is 7. The summed E-state index contributed by atoms with van der Waals surface area (Å²) >= 11 is 0. The van der Waals surface area contributed by atoms with Crippen molar-refractivity contribution in [2.24, 2.45) is 0 Å². The lowest BCUT2D eigenvalue weighted by molar-refractivity contribution is 0.397. The molecule has 6 nitrogen and oxygen atoms in total. The van der Waals surface area contributed by atoms with Gasteiger partial charge in [-0.2, -0.15) is 0 Å². The first-order valence-corrected chi connectivity index (χ1v) is 10.6. The zero-order chi connectivity index (χ0) is 22.6. The average molecular weight is 437 g/mol. The lowest BCUT2D eigenvalue weighted by atomic mass is 10.1. The van der Waals surface area contributed by atoms with Gasteiger partial charge in [-0.05, 0) is 54.1 Å². The fourth-order valence-corrected chi connectivity index (χ4v) is 3.76. The molecule has 0 fully saturated rings. The Kier molecular flexibility index (Phi) is 5.55. The molecule has 0 saturated heterocycles. The summed E-state index contributed by atoms with van der Waals surface area (Å²) in [6.45, 7) is 0.578. The Morgan fingerprint density at radius 3 is 2.48 bits per heavy atom. The van der Waals surface area contributed by atoms with Crippen LogP contribution in [0.15, 0.2) is 97.3 Å². The van der Waals surface area contributed by atoms with Crippen molar-refractivity contribution in [1.82, 2.24) is 9.55 Å². The summed E-state index contributed by atoms with van der Waals surface area (Å²) in [5.41, 5.74) is 2.73. The highest BCUT2D eigenvalue weighted by Gasteiger charge is 2.14. The fraction of sp³-hybridized carbons (Fsp3) is 0.0741. The maximum atomic E-state index is 11.1. The number of hydrogen-bond acceptors (Lipinski definition) is 5. The number of benzene rings is 3. The molecule has 5 aromatic rings. The Labute approximate surface area is 191 Å². The lowest BCUT2D eigenvalue weighted by Crippen LogP contribution is -2.00. The normalized spacial score (nSPS) is 10.8. The minimum atomic E-state index is 0.178. The molecule has 0 aliphatic rings. The number of nitrogens with one attached hydrogen (secondary N) is 1. The third-order valence-corrected chi connectivity index (χ3v) is 5.40. The van der Waals surface area contributed by atoms with E-state index >= 15 is 0 Å². The van der Waals surface area contributed by atoms with Gasteiger partial charge in [0.05, 0.1) is 12.5 Å². The lowest BCUT2D eigenvalue weighted by Gasteiger charge is -2.10. The van der Waals surface area contributed by atoms with Gasteiger partial charge in [-0.3, -0.25) is 4.57 Å². The van der Waals surface area contributed by atoms with Gasteiger partial charge < -0.3 is 19.9 Å². The number of para-hydroxylation sites is 1. The van der Waals surface area contributed by atoms with E-state index < -0.39 is 0 Å². The number of fused-ring (bicyclic) bond motifs is 1. The highest BCUT2D eigenvalue weighted by molar-refractivity contribution is 5.99. The molecule has 0 radical (unpaired) electrons. The molecule has 0 spiro atoms. The highest BCUT2D eigenvalue weighted by atomic mass is 16.5. The van der Waals surface area contributed by atoms with Crippen LogP contribution in [0.4, 0.5) is 5.69 Å². The van der Waals surface area contributed by atoms with Crippen molar-refractivity contribution >= 4 is 16.5 Å². The fourth-order valence-electron chi connectivity index (χ4n) is 3.76. The van der Waals surface area contributed by atoms with Crippen molar-refractivity contribution < 1.29 is 14.6 Å². The summed E-state index contributed by atoms with van der Waals surface area (Å²) in [7, 11) is 1.60. The van der Waals surface area contributed by atoms with E-state index in [9.17, 15) is 5.11 Å². The molecule has 2 aromatic heterocycles. The molecule has 0 unspecified atom stereocenters. The molecule has 2 N–H and O–H groups in total. The van der Waals surface area contributed by atoms with E-state index in [2.05, 4.69) is 10.3 Å². The molecule has 0 amide bonds. The Morgan fingerprint density at radius 1 is 0.909 bits per heavy atom. The van der Waals surface area contributed by atoms with Gasteiger partial charge in [0.15, 0.2) is 0 Å². The number of methoxy groups -OCH3 is 1. The zero-order valence-electron chi connectivity index (χ0n) is 18.1. The van der Waals surface area contributed by atoms with Crippen molar-refractivity contribution in [3.05, 3.63) is 103 Å². The van der Waals surface area contributed by atoms with Gasteiger partial charge in [-0.1, -0.05) is 30.3 Å². The summed E-state index contributed by atoms with van der Waals surface area (Å²) in [4.78, 5) is 4.14. The third kappa shape index (κ3) is 4.32. The topological polar surface area (TPSA) is 68.5 Å². The third-order valence-electron chi connectivity index (χ3n) is 5.40. The summed E-state index contributed by atoms with van der Waals surface area (Å²) in [5, 5.41) is 16.2. The standard InChI is InChI=1S/C27H23N3O3/c1-32-25-16-19(14-15-28-25)17-29-24-9-5-6-20-18-30(27(31)26(20)24)21-10-12-23(13-11-21)33-22-7-3-2-4-8-22/h2-16,18,29,31H,17H2,1H3. The van der Waals surface area contributed by atoms with Crippen LogP contribution in [0, 0.1) is 0 Å². The molecule has 0 bridgehead atoms. The first-order valence-electron chi connectivity index (χ1n) is 10.6. The van der Waals surface area contributed by atoms with E-state index in [1.54, 1.807) is 17.9 Å². The van der Waals surface area contributed by atoms with Crippen molar-refractivity contribution in [1.29, 1.82) is 0 Å². The smallest absolute Gasteiger partial charge is 0.213 e. The average Bonchev–Trinajstić information content (AvgIpc) is 3.21. The van der Waals surface area contributed by atoms with E-state index in [1.165, 1.54) is 0 Å². The van der Waals surface area contributed by atoms with Crippen LogP contribution in [0.3, 0.4) is 0 Å². The van der Waals surface area contributed by atoms with E-state index in [-0.39, 0.29) is 5.88 Å². The Morgan fingerprint density at radius 2 is 1.70 bits per heavy atom. The number of aromatic nitrogens is 2. The maximum Gasteiger partial charge on any atom is 0.213 e. The second-order valence-corrected chi connectivity index (χ2v) is 7.56. The summed E-state index contributed by atoms with van der Waals surface area (Å²) < 4.78 is 12.8. The number of aromatic hydroxyl groups is 1. The molecule has 0 saturated carbocycles. The van der Waals surface area contributed by atoms with Crippen LogP contribution in [0.2, 0.25) is 0 Å². The highest BCUT2D eigenvalue weighted by Crippen LogP contribution is 2.36.